The maximum Gasteiger partial charge on any atom is 0.261 e. The predicted octanol–water partition coefficient (Wildman–Crippen LogP) is 5.06. The molecule has 0 saturated carbocycles. The first-order chi connectivity index (χ1) is 21.4. The summed E-state index contributed by atoms with van der Waals surface area (Å²) in [6.45, 7) is 8.02. The molecule has 3 aromatic carbocycles. The molecule has 1 unspecified atom stereocenters. The van der Waals surface area contributed by atoms with Gasteiger partial charge in [0.25, 0.3) is 11.5 Å². The Bertz CT molecular complexity index is 1960. The third kappa shape index (κ3) is 4.89. The van der Waals surface area contributed by atoms with E-state index >= 15 is 0 Å². The lowest BCUT2D eigenvalue weighted by molar-refractivity contribution is 0.0629. The minimum Gasteiger partial charge on any atom is -0.369 e. The number of carbonyl (C=O) groups is 1. The fourth-order valence-corrected chi connectivity index (χ4v) is 6.48. The van der Waals surface area contributed by atoms with Gasteiger partial charge in [-0.3, -0.25) is 14.2 Å². The Morgan fingerprint density at radius 1 is 0.864 bits per heavy atom. The number of hydrogen-bond acceptors (Lipinski definition) is 7. The van der Waals surface area contributed by atoms with Crippen molar-refractivity contribution >= 4 is 34.3 Å². The fraction of sp³-hybridized carbons (Fsp3) is 0.257. The summed E-state index contributed by atoms with van der Waals surface area (Å²) in [5.74, 6) is 0.263. The average Bonchev–Trinajstić information content (AvgIpc) is 3.04. The van der Waals surface area contributed by atoms with Crippen LogP contribution in [0.2, 0.25) is 0 Å². The van der Waals surface area contributed by atoms with Crippen LogP contribution in [0.25, 0.3) is 22.2 Å². The van der Waals surface area contributed by atoms with E-state index in [0.717, 1.165) is 53.9 Å². The topological polar surface area (TPSA) is 95.4 Å². The smallest absolute Gasteiger partial charge is 0.261 e. The summed E-state index contributed by atoms with van der Waals surface area (Å²) < 4.78 is 1.68. The summed E-state index contributed by atoms with van der Waals surface area (Å²) in [7, 11) is 1.75. The molecule has 9 nitrogen and oxygen atoms in total. The van der Waals surface area contributed by atoms with Gasteiger partial charge >= 0.3 is 0 Å². The van der Waals surface area contributed by atoms with E-state index in [4.69, 9.17) is 4.98 Å². The molecular weight excluding hydrogens is 550 g/mol. The lowest BCUT2D eigenvalue weighted by Crippen LogP contribution is -2.44. The number of piperazine rings is 1. The van der Waals surface area contributed by atoms with Crippen LogP contribution in [0, 0.1) is 13.8 Å². The number of amides is 1. The van der Waals surface area contributed by atoms with Gasteiger partial charge in [0.2, 0.25) is 5.95 Å². The van der Waals surface area contributed by atoms with Crippen molar-refractivity contribution in [2.24, 2.45) is 0 Å². The van der Waals surface area contributed by atoms with E-state index < -0.39 is 6.17 Å². The predicted molar refractivity (Wildman–Crippen MR) is 175 cm³/mol. The SMILES string of the molecule is Cc1ccccc1-c1cc2cnc(Nc3ccc(N4CCNCC4)c(C)c3)nc2n(C2Cc3ccccc3C(=O)N2C)c1=O. The molecule has 0 bridgehead atoms. The largest absolute Gasteiger partial charge is 0.369 e. The second-order valence-corrected chi connectivity index (χ2v) is 11.6. The maximum absolute atomic E-state index is 14.4. The van der Waals surface area contributed by atoms with Crippen LogP contribution in [-0.2, 0) is 6.42 Å². The van der Waals surface area contributed by atoms with Crippen LogP contribution >= 0.6 is 0 Å². The quantitative estimate of drug-likeness (QED) is 0.298. The summed E-state index contributed by atoms with van der Waals surface area (Å²) in [5, 5.41) is 7.48. The van der Waals surface area contributed by atoms with Crippen molar-refractivity contribution in [2.75, 3.05) is 43.4 Å². The molecule has 9 heteroatoms. The highest BCUT2D eigenvalue weighted by molar-refractivity contribution is 5.97. The molecule has 4 heterocycles. The molecule has 222 valence electrons. The molecule has 44 heavy (non-hydrogen) atoms. The third-order valence-corrected chi connectivity index (χ3v) is 8.83. The summed E-state index contributed by atoms with van der Waals surface area (Å²) in [6.07, 6.45) is 1.69. The second-order valence-electron chi connectivity index (χ2n) is 11.6. The van der Waals surface area contributed by atoms with E-state index in [9.17, 15) is 9.59 Å². The Morgan fingerprint density at radius 3 is 2.39 bits per heavy atom. The maximum atomic E-state index is 14.4. The van der Waals surface area contributed by atoms with Gasteiger partial charge in [0.05, 0.1) is 0 Å². The van der Waals surface area contributed by atoms with Crippen molar-refractivity contribution in [3.63, 3.8) is 0 Å². The summed E-state index contributed by atoms with van der Waals surface area (Å²) in [5.41, 5.74) is 7.50. The molecule has 0 aliphatic carbocycles. The number of fused-ring (bicyclic) bond motifs is 2. The van der Waals surface area contributed by atoms with Gasteiger partial charge in [-0.1, -0.05) is 42.5 Å². The Morgan fingerprint density at radius 2 is 1.61 bits per heavy atom. The van der Waals surface area contributed by atoms with Gasteiger partial charge in [0, 0.05) is 73.7 Å². The first kappa shape index (κ1) is 27.8. The summed E-state index contributed by atoms with van der Waals surface area (Å²) in [6, 6.07) is 23.6. The Labute approximate surface area is 256 Å². The summed E-state index contributed by atoms with van der Waals surface area (Å²) in [4.78, 5) is 41.5. The van der Waals surface area contributed by atoms with Crippen LogP contribution in [0.4, 0.5) is 17.3 Å². The van der Waals surface area contributed by atoms with E-state index in [-0.39, 0.29) is 11.5 Å². The zero-order valence-electron chi connectivity index (χ0n) is 25.2. The van der Waals surface area contributed by atoms with E-state index in [1.807, 2.05) is 67.6 Å². The van der Waals surface area contributed by atoms with Crippen LogP contribution in [0.5, 0.6) is 0 Å². The number of hydrogen-bond donors (Lipinski definition) is 2. The van der Waals surface area contributed by atoms with Crippen molar-refractivity contribution in [2.45, 2.75) is 26.4 Å². The zero-order chi connectivity index (χ0) is 30.4. The second kappa shape index (κ2) is 11.2. The standard InChI is InChI=1S/C35H35N7O2/c1-22-8-4-6-10-27(22)29-19-25-21-37-35(38-26-12-13-30(23(2)18-26)41-16-14-36-15-17-41)39-32(25)42(34(29)44)31-20-24-9-5-7-11-28(24)33(43)40(31)3/h4-13,18-19,21,31,36H,14-17,20H2,1-3H3,(H,37,38,39). The number of rotatable bonds is 5. The molecule has 2 N–H and O–H groups in total. The monoisotopic (exact) mass is 585 g/mol. The molecule has 0 spiro atoms. The van der Waals surface area contributed by atoms with Crippen LogP contribution in [0.15, 0.2) is 83.8 Å². The number of carbonyl (C=O) groups excluding carboxylic acids is 1. The van der Waals surface area contributed by atoms with Gasteiger partial charge in [-0.2, -0.15) is 4.98 Å². The number of nitrogens with one attached hydrogen (secondary N) is 2. The van der Waals surface area contributed by atoms with Crippen molar-refractivity contribution < 1.29 is 4.79 Å². The van der Waals surface area contributed by atoms with Crippen LogP contribution in [-0.4, -0.2) is 58.6 Å². The molecule has 2 aliphatic heterocycles. The molecule has 5 aromatic rings. The first-order valence-corrected chi connectivity index (χ1v) is 15.1. The van der Waals surface area contributed by atoms with Crippen molar-refractivity contribution in [1.29, 1.82) is 0 Å². The zero-order valence-corrected chi connectivity index (χ0v) is 25.2. The van der Waals surface area contributed by atoms with Crippen molar-refractivity contribution in [3.05, 3.63) is 112 Å². The lowest BCUT2D eigenvalue weighted by atomic mass is 9.96. The number of nitrogens with zero attached hydrogens (tertiary/aromatic N) is 5. The Kier molecular flexibility index (Phi) is 7.10. The van der Waals surface area contributed by atoms with E-state index in [0.29, 0.717) is 29.1 Å². The van der Waals surface area contributed by atoms with Crippen LogP contribution in [0.1, 0.15) is 33.2 Å². The molecule has 1 amide bonds. The number of benzene rings is 3. The van der Waals surface area contributed by atoms with Crippen molar-refractivity contribution in [3.8, 4) is 11.1 Å². The molecule has 2 aromatic heterocycles. The van der Waals surface area contributed by atoms with Gasteiger partial charge in [-0.05, 0) is 66.4 Å². The van der Waals surface area contributed by atoms with E-state index in [1.54, 1.807) is 22.7 Å². The van der Waals surface area contributed by atoms with E-state index in [2.05, 4.69) is 39.6 Å². The number of aryl methyl sites for hydroxylation is 2. The number of anilines is 3. The normalized spacial score (nSPS) is 16.7. The third-order valence-electron chi connectivity index (χ3n) is 8.83. The van der Waals surface area contributed by atoms with Gasteiger partial charge < -0.3 is 20.4 Å². The van der Waals surface area contributed by atoms with E-state index in [1.165, 1.54) is 11.3 Å². The molecule has 1 saturated heterocycles. The molecular formula is C35H35N7O2. The fourth-order valence-electron chi connectivity index (χ4n) is 6.48. The minimum absolute atomic E-state index is 0.120. The molecule has 2 aliphatic rings. The van der Waals surface area contributed by atoms with Gasteiger partial charge in [-0.15, -0.1) is 0 Å². The Hall–Kier alpha value is -5.02. The van der Waals surface area contributed by atoms with Gasteiger partial charge in [0.15, 0.2) is 0 Å². The summed E-state index contributed by atoms with van der Waals surface area (Å²) >= 11 is 0. The highest BCUT2D eigenvalue weighted by atomic mass is 16.2. The highest BCUT2D eigenvalue weighted by Gasteiger charge is 2.33. The number of aromatic nitrogens is 3. The minimum atomic E-state index is -0.556. The average molecular weight is 586 g/mol. The molecule has 7 rings (SSSR count). The Balaban J connectivity index is 1.34. The van der Waals surface area contributed by atoms with Crippen LogP contribution in [0.3, 0.4) is 0 Å². The molecule has 1 atom stereocenters. The number of pyridine rings is 1. The van der Waals surface area contributed by atoms with Crippen LogP contribution < -0.4 is 21.1 Å². The highest BCUT2D eigenvalue weighted by Crippen LogP contribution is 2.32. The van der Waals surface area contributed by atoms with Crippen molar-refractivity contribution in [1.82, 2.24) is 24.8 Å². The molecule has 1 fully saturated rings. The van der Waals surface area contributed by atoms with Gasteiger partial charge in [0.1, 0.15) is 11.8 Å². The lowest BCUT2D eigenvalue weighted by Gasteiger charge is -2.35. The number of likely N-dealkylation sites (N-methyl/N-ethyl adjacent to an activating group) is 1. The molecule has 0 radical (unpaired) electrons. The first-order valence-electron chi connectivity index (χ1n) is 15.1. The van der Waals surface area contributed by atoms with Gasteiger partial charge in [-0.25, -0.2) is 4.98 Å².